The second kappa shape index (κ2) is 6.04. The molecule has 3 N–H and O–H groups in total. The van der Waals surface area contributed by atoms with Crippen LogP contribution < -0.4 is 10.9 Å². The van der Waals surface area contributed by atoms with E-state index in [1.54, 1.807) is 46.8 Å². The summed E-state index contributed by atoms with van der Waals surface area (Å²) >= 11 is 0. The standard InChI is InChI=1S/C17H22N2O4/c1-9-6-10(2)19-16(21)14(9)15(20)18-8-17(5,22)13-7-11(3)23-12(13)4/h6-7,22H,8H2,1-5H3,(H,18,20)(H,19,21). The molecule has 0 fully saturated rings. The number of nitrogens with one attached hydrogen (secondary N) is 2. The van der Waals surface area contributed by atoms with Crippen LogP contribution in [0.25, 0.3) is 0 Å². The van der Waals surface area contributed by atoms with Gasteiger partial charge in [0.15, 0.2) is 0 Å². The smallest absolute Gasteiger partial charge is 0.261 e. The molecule has 0 bridgehead atoms. The molecule has 2 rings (SSSR count). The molecule has 0 saturated heterocycles. The van der Waals surface area contributed by atoms with Crippen LogP contribution in [0.1, 0.15) is 45.6 Å². The highest BCUT2D eigenvalue weighted by molar-refractivity contribution is 5.95. The minimum absolute atomic E-state index is 0.0294. The Morgan fingerprint density at radius 2 is 1.96 bits per heavy atom. The van der Waals surface area contributed by atoms with E-state index >= 15 is 0 Å². The molecule has 0 saturated carbocycles. The third-order valence-electron chi connectivity index (χ3n) is 3.81. The van der Waals surface area contributed by atoms with Crippen LogP contribution >= 0.6 is 0 Å². The lowest BCUT2D eigenvalue weighted by Crippen LogP contribution is -2.40. The van der Waals surface area contributed by atoms with Crippen LogP contribution in [0.5, 0.6) is 0 Å². The predicted octanol–water partition coefficient (Wildman–Crippen LogP) is 1.84. The first kappa shape index (κ1) is 17.0. The summed E-state index contributed by atoms with van der Waals surface area (Å²) in [5.41, 5.74) is 0.244. The van der Waals surface area contributed by atoms with Gasteiger partial charge in [0.05, 0.1) is 6.54 Å². The highest BCUT2D eigenvalue weighted by atomic mass is 16.3. The van der Waals surface area contributed by atoms with Gasteiger partial charge in [-0.15, -0.1) is 0 Å². The van der Waals surface area contributed by atoms with Gasteiger partial charge in [-0.05, 0) is 52.3 Å². The molecule has 0 aliphatic heterocycles. The van der Waals surface area contributed by atoms with Gasteiger partial charge in [-0.25, -0.2) is 0 Å². The summed E-state index contributed by atoms with van der Waals surface area (Å²) in [6.07, 6.45) is 0. The second-order valence-corrected chi connectivity index (χ2v) is 6.12. The first-order valence-electron chi connectivity index (χ1n) is 7.40. The summed E-state index contributed by atoms with van der Waals surface area (Å²) in [6.45, 7) is 8.58. The molecular formula is C17H22N2O4. The normalized spacial score (nSPS) is 13.7. The number of aromatic amines is 1. The van der Waals surface area contributed by atoms with Gasteiger partial charge in [0.2, 0.25) is 0 Å². The van der Waals surface area contributed by atoms with E-state index in [2.05, 4.69) is 10.3 Å². The number of rotatable bonds is 4. The quantitative estimate of drug-likeness (QED) is 0.801. The van der Waals surface area contributed by atoms with Gasteiger partial charge < -0.3 is 19.8 Å². The third kappa shape index (κ3) is 3.53. The molecule has 6 nitrogen and oxygen atoms in total. The number of aryl methyl sites for hydroxylation is 4. The molecule has 2 aromatic heterocycles. The molecule has 0 aromatic carbocycles. The number of aromatic nitrogens is 1. The highest BCUT2D eigenvalue weighted by Crippen LogP contribution is 2.26. The first-order chi connectivity index (χ1) is 10.6. The molecule has 0 aliphatic carbocycles. The van der Waals surface area contributed by atoms with Gasteiger partial charge in [0.1, 0.15) is 22.7 Å². The maximum Gasteiger partial charge on any atom is 0.261 e. The molecule has 1 amide bonds. The Balaban J connectivity index is 2.19. The van der Waals surface area contributed by atoms with Gasteiger partial charge in [-0.2, -0.15) is 0 Å². The number of amides is 1. The lowest BCUT2D eigenvalue weighted by molar-refractivity contribution is 0.0513. The Labute approximate surface area is 134 Å². The van der Waals surface area contributed by atoms with Crippen molar-refractivity contribution in [3.8, 4) is 0 Å². The molecule has 1 unspecified atom stereocenters. The van der Waals surface area contributed by atoms with Crippen LogP contribution in [0, 0.1) is 27.7 Å². The summed E-state index contributed by atoms with van der Waals surface area (Å²) in [7, 11) is 0. The molecule has 23 heavy (non-hydrogen) atoms. The number of H-pyrrole nitrogens is 1. The zero-order valence-electron chi connectivity index (χ0n) is 14.0. The lowest BCUT2D eigenvalue weighted by atomic mass is 9.96. The predicted molar refractivity (Wildman–Crippen MR) is 86.6 cm³/mol. The minimum atomic E-state index is -1.29. The van der Waals surface area contributed by atoms with Crippen LogP contribution in [-0.4, -0.2) is 22.5 Å². The van der Waals surface area contributed by atoms with Gasteiger partial charge in [0, 0.05) is 11.3 Å². The summed E-state index contributed by atoms with van der Waals surface area (Å²) in [5.74, 6) is 0.780. The molecule has 1 atom stereocenters. The van der Waals surface area contributed by atoms with E-state index in [0.29, 0.717) is 28.3 Å². The van der Waals surface area contributed by atoms with E-state index in [4.69, 9.17) is 4.42 Å². The monoisotopic (exact) mass is 318 g/mol. The molecule has 2 heterocycles. The fraction of sp³-hybridized carbons (Fsp3) is 0.412. The van der Waals surface area contributed by atoms with Crippen LogP contribution in [0.4, 0.5) is 0 Å². The average molecular weight is 318 g/mol. The summed E-state index contributed by atoms with van der Waals surface area (Å²) in [6, 6.07) is 3.48. The van der Waals surface area contributed by atoms with E-state index in [0.717, 1.165) is 0 Å². The fourth-order valence-electron chi connectivity index (χ4n) is 2.74. The Kier molecular flexibility index (Phi) is 4.47. The van der Waals surface area contributed by atoms with E-state index in [-0.39, 0.29) is 12.1 Å². The molecule has 6 heteroatoms. The van der Waals surface area contributed by atoms with E-state index < -0.39 is 17.1 Å². The van der Waals surface area contributed by atoms with Crippen molar-refractivity contribution >= 4 is 5.91 Å². The molecule has 2 aromatic rings. The Morgan fingerprint density at radius 1 is 1.30 bits per heavy atom. The largest absolute Gasteiger partial charge is 0.466 e. The van der Waals surface area contributed by atoms with Gasteiger partial charge >= 0.3 is 0 Å². The van der Waals surface area contributed by atoms with Crippen molar-refractivity contribution in [1.82, 2.24) is 10.3 Å². The van der Waals surface area contributed by atoms with E-state index in [9.17, 15) is 14.7 Å². The molecule has 124 valence electrons. The topological polar surface area (TPSA) is 95.3 Å². The number of carbonyl (C=O) groups excluding carboxylic acids is 1. The summed E-state index contributed by atoms with van der Waals surface area (Å²) < 4.78 is 5.42. The van der Waals surface area contributed by atoms with Crippen LogP contribution in [0.15, 0.2) is 21.3 Å². The molecule has 0 aliphatic rings. The number of pyridine rings is 1. The number of hydrogen-bond acceptors (Lipinski definition) is 4. The van der Waals surface area contributed by atoms with Crippen molar-refractivity contribution in [2.75, 3.05) is 6.54 Å². The van der Waals surface area contributed by atoms with Gasteiger partial charge in [0.25, 0.3) is 11.5 Å². The maximum atomic E-state index is 12.3. The second-order valence-electron chi connectivity index (χ2n) is 6.12. The first-order valence-corrected chi connectivity index (χ1v) is 7.40. The summed E-state index contributed by atoms with van der Waals surface area (Å²) in [5, 5.41) is 13.2. The van der Waals surface area contributed by atoms with E-state index in [1.807, 2.05) is 0 Å². The lowest BCUT2D eigenvalue weighted by Gasteiger charge is -2.23. The third-order valence-corrected chi connectivity index (χ3v) is 3.81. The summed E-state index contributed by atoms with van der Waals surface area (Å²) in [4.78, 5) is 26.9. The highest BCUT2D eigenvalue weighted by Gasteiger charge is 2.29. The van der Waals surface area contributed by atoms with Crippen molar-refractivity contribution < 1.29 is 14.3 Å². The van der Waals surface area contributed by atoms with Crippen molar-refractivity contribution in [3.05, 3.63) is 56.4 Å². The van der Waals surface area contributed by atoms with Gasteiger partial charge in [-0.3, -0.25) is 9.59 Å². The zero-order valence-corrected chi connectivity index (χ0v) is 14.0. The van der Waals surface area contributed by atoms with Crippen LogP contribution in [0.3, 0.4) is 0 Å². The minimum Gasteiger partial charge on any atom is -0.466 e. The number of furan rings is 1. The van der Waals surface area contributed by atoms with Crippen molar-refractivity contribution in [2.45, 2.75) is 40.2 Å². The van der Waals surface area contributed by atoms with E-state index in [1.165, 1.54) is 0 Å². The average Bonchev–Trinajstić information content (AvgIpc) is 2.75. The Morgan fingerprint density at radius 3 is 2.48 bits per heavy atom. The van der Waals surface area contributed by atoms with Crippen molar-refractivity contribution in [2.24, 2.45) is 0 Å². The van der Waals surface area contributed by atoms with Crippen LogP contribution in [-0.2, 0) is 5.60 Å². The molecule has 0 spiro atoms. The van der Waals surface area contributed by atoms with Gasteiger partial charge in [-0.1, -0.05) is 0 Å². The number of carbonyl (C=O) groups is 1. The number of hydrogen-bond donors (Lipinski definition) is 3. The molecule has 0 radical (unpaired) electrons. The number of aliphatic hydroxyl groups is 1. The Hall–Kier alpha value is -2.34. The molecular weight excluding hydrogens is 296 g/mol. The van der Waals surface area contributed by atoms with Crippen LogP contribution in [0.2, 0.25) is 0 Å². The Bertz CT molecular complexity index is 799. The van der Waals surface area contributed by atoms with Crippen molar-refractivity contribution in [1.29, 1.82) is 0 Å². The SMILES string of the molecule is Cc1cc(C)c(C(=O)NCC(C)(O)c2cc(C)oc2C)c(=O)[nH]1. The van der Waals surface area contributed by atoms with Crippen molar-refractivity contribution in [3.63, 3.8) is 0 Å². The maximum absolute atomic E-state index is 12.3. The zero-order chi connectivity index (χ0) is 17.4. The fourth-order valence-corrected chi connectivity index (χ4v) is 2.74.